The van der Waals surface area contributed by atoms with Crippen molar-refractivity contribution in [2.75, 3.05) is 0 Å². The van der Waals surface area contributed by atoms with Gasteiger partial charge in [0.1, 0.15) is 0 Å². The lowest BCUT2D eigenvalue weighted by atomic mass is 9.78. The molecule has 3 nitrogen and oxygen atoms in total. The van der Waals surface area contributed by atoms with Gasteiger partial charge in [-0.05, 0) is 42.5 Å². The van der Waals surface area contributed by atoms with Gasteiger partial charge in [0.2, 0.25) is 10.0 Å². The quantitative estimate of drug-likeness (QED) is 0.910. The van der Waals surface area contributed by atoms with Crippen molar-refractivity contribution in [2.24, 2.45) is 11.8 Å². The van der Waals surface area contributed by atoms with E-state index in [-0.39, 0.29) is 6.04 Å². The van der Waals surface area contributed by atoms with Crippen LogP contribution in [-0.4, -0.2) is 14.5 Å². The lowest BCUT2D eigenvalue weighted by Crippen LogP contribution is -2.43. The van der Waals surface area contributed by atoms with Crippen molar-refractivity contribution in [1.29, 1.82) is 0 Å². The van der Waals surface area contributed by atoms with Gasteiger partial charge in [0.15, 0.2) is 0 Å². The summed E-state index contributed by atoms with van der Waals surface area (Å²) in [7, 11) is -3.40. The molecule has 0 saturated heterocycles. The standard InChI is InChI=1S/C14H20BrNO2S/c1-10-4-3-5-14(11(10)2)16-19(17,18)13-8-6-12(15)7-9-13/h6-11,14,16H,3-5H2,1-2H3/t10-,11+,14-/m1/s1. The van der Waals surface area contributed by atoms with Gasteiger partial charge in [0.05, 0.1) is 4.90 Å². The summed E-state index contributed by atoms with van der Waals surface area (Å²) >= 11 is 3.31. The zero-order valence-electron chi connectivity index (χ0n) is 11.3. The molecule has 0 unspecified atom stereocenters. The van der Waals surface area contributed by atoms with Crippen LogP contribution in [0, 0.1) is 11.8 Å². The third-order valence-corrected chi connectivity index (χ3v) is 6.17. The van der Waals surface area contributed by atoms with Crippen molar-refractivity contribution < 1.29 is 8.42 Å². The van der Waals surface area contributed by atoms with E-state index in [1.165, 1.54) is 6.42 Å². The van der Waals surface area contributed by atoms with Gasteiger partial charge < -0.3 is 0 Å². The molecule has 0 amide bonds. The van der Waals surface area contributed by atoms with Crippen molar-refractivity contribution in [2.45, 2.75) is 44.0 Å². The van der Waals surface area contributed by atoms with Crippen LogP contribution in [0.25, 0.3) is 0 Å². The monoisotopic (exact) mass is 345 g/mol. The number of nitrogens with one attached hydrogen (secondary N) is 1. The van der Waals surface area contributed by atoms with Crippen LogP contribution in [0.2, 0.25) is 0 Å². The molecule has 1 aromatic carbocycles. The molecule has 0 aromatic heterocycles. The van der Waals surface area contributed by atoms with E-state index in [2.05, 4.69) is 34.5 Å². The number of benzene rings is 1. The van der Waals surface area contributed by atoms with E-state index in [9.17, 15) is 8.42 Å². The third kappa shape index (κ3) is 3.58. The highest BCUT2D eigenvalue weighted by atomic mass is 79.9. The fraction of sp³-hybridized carbons (Fsp3) is 0.571. The minimum absolute atomic E-state index is 0.0531. The average Bonchev–Trinajstić information content (AvgIpc) is 2.35. The van der Waals surface area contributed by atoms with Crippen LogP contribution in [-0.2, 0) is 10.0 Å². The molecular weight excluding hydrogens is 326 g/mol. The minimum Gasteiger partial charge on any atom is -0.208 e. The number of rotatable bonds is 3. The summed E-state index contributed by atoms with van der Waals surface area (Å²) in [5.41, 5.74) is 0. The highest BCUT2D eigenvalue weighted by Gasteiger charge is 2.30. The molecule has 1 fully saturated rings. The van der Waals surface area contributed by atoms with Crippen molar-refractivity contribution in [3.8, 4) is 0 Å². The SMILES string of the molecule is C[C@H]1[C@H](C)CCC[C@H]1NS(=O)(=O)c1ccc(Br)cc1. The lowest BCUT2D eigenvalue weighted by molar-refractivity contribution is 0.227. The van der Waals surface area contributed by atoms with Gasteiger partial charge in [-0.25, -0.2) is 13.1 Å². The number of halogens is 1. The first-order valence-electron chi connectivity index (χ1n) is 6.68. The van der Waals surface area contributed by atoms with E-state index in [1.807, 2.05) is 0 Å². The van der Waals surface area contributed by atoms with Gasteiger partial charge in [-0.15, -0.1) is 0 Å². The number of hydrogen-bond donors (Lipinski definition) is 1. The van der Waals surface area contributed by atoms with E-state index in [4.69, 9.17) is 0 Å². The Hall–Kier alpha value is -0.390. The topological polar surface area (TPSA) is 46.2 Å². The van der Waals surface area contributed by atoms with Crippen LogP contribution in [0.5, 0.6) is 0 Å². The van der Waals surface area contributed by atoms with E-state index in [0.717, 1.165) is 17.3 Å². The van der Waals surface area contributed by atoms with E-state index in [0.29, 0.717) is 16.7 Å². The predicted octanol–water partition coefficient (Wildman–Crippen LogP) is 3.55. The molecule has 106 valence electrons. The summed E-state index contributed by atoms with van der Waals surface area (Å²) in [5, 5.41) is 0. The molecule has 0 heterocycles. The van der Waals surface area contributed by atoms with Gasteiger partial charge in [-0.3, -0.25) is 0 Å². The summed E-state index contributed by atoms with van der Waals surface area (Å²) in [5.74, 6) is 0.963. The summed E-state index contributed by atoms with van der Waals surface area (Å²) in [6.45, 7) is 4.34. The van der Waals surface area contributed by atoms with E-state index >= 15 is 0 Å². The van der Waals surface area contributed by atoms with Crippen LogP contribution in [0.1, 0.15) is 33.1 Å². The van der Waals surface area contributed by atoms with Gasteiger partial charge >= 0.3 is 0 Å². The highest BCUT2D eigenvalue weighted by Crippen LogP contribution is 2.30. The third-order valence-electron chi connectivity index (χ3n) is 4.14. The zero-order chi connectivity index (χ0) is 14.0. The second-order valence-corrected chi connectivity index (χ2v) is 8.08. The van der Waals surface area contributed by atoms with Crippen molar-refractivity contribution >= 4 is 26.0 Å². The molecule has 0 bridgehead atoms. The maximum Gasteiger partial charge on any atom is 0.240 e. The summed E-state index contributed by atoms with van der Waals surface area (Å²) < 4.78 is 28.4. The summed E-state index contributed by atoms with van der Waals surface area (Å²) in [4.78, 5) is 0.334. The second kappa shape index (κ2) is 5.94. The van der Waals surface area contributed by atoms with Crippen molar-refractivity contribution in [3.05, 3.63) is 28.7 Å². The number of sulfonamides is 1. The molecule has 1 aromatic rings. The Morgan fingerprint density at radius 3 is 2.42 bits per heavy atom. The fourth-order valence-corrected chi connectivity index (χ4v) is 4.26. The highest BCUT2D eigenvalue weighted by molar-refractivity contribution is 9.10. The molecule has 1 saturated carbocycles. The van der Waals surface area contributed by atoms with Gasteiger partial charge in [-0.2, -0.15) is 0 Å². The van der Waals surface area contributed by atoms with Gasteiger partial charge in [0, 0.05) is 10.5 Å². The average molecular weight is 346 g/mol. The number of hydrogen-bond acceptors (Lipinski definition) is 2. The summed E-state index contributed by atoms with van der Waals surface area (Å²) in [6, 6.07) is 6.81. The Morgan fingerprint density at radius 2 is 1.79 bits per heavy atom. The molecule has 5 heteroatoms. The van der Waals surface area contributed by atoms with E-state index < -0.39 is 10.0 Å². The lowest BCUT2D eigenvalue weighted by Gasteiger charge is -2.34. The molecule has 0 spiro atoms. The fourth-order valence-electron chi connectivity index (χ4n) is 2.63. The Labute approximate surface area is 124 Å². The Morgan fingerprint density at radius 1 is 1.16 bits per heavy atom. The smallest absolute Gasteiger partial charge is 0.208 e. The van der Waals surface area contributed by atoms with Crippen molar-refractivity contribution in [3.63, 3.8) is 0 Å². The maximum atomic E-state index is 12.3. The molecule has 2 rings (SSSR count). The summed E-state index contributed by atoms with van der Waals surface area (Å²) in [6.07, 6.45) is 3.22. The van der Waals surface area contributed by atoms with Crippen LogP contribution in [0.15, 0.2) is 33.6 Å². The van der Waals surface area contributed by atoms with Crippen LogP contribution >= 0.6 is 15.9 Å². The second-order valence-electron chi connectivity index (χ2n) is 5.45. The molecule has 1 aliphatic carbocycles. The zero-order valence-corrected chi connectivity index (χ0v) is 13.7. The first-order chi connectivity index (χ1) is 8.90. The predicted molar refractivity (Wildman–Crippen MR) is 80.4 cm³/mol. The van der Waals surface area contributed by atoms with E-state index in [1.54, 1.807) is 24.3 Å². The largest absolute Gasteiger partial charge is 0.240 e. The molecule has 1 aliphatic rings. The van der Waals surface area contributed by atoms with Crippen LogP contribution in [0.3, 0.4) is 0 Å². The first-order valence-corrected chi connectivity index (χ1v) is 8.95. The first kappa shape index (κ1) is 15.0. The molecule has 1 N–H and O–H groups in total. The molecule has 0 aliphatic heterocycles. The van der Waals surface area contributed by atoms with Crippen LogP contribution < -0.4 is 4.72 Å². The molecule has 0 radical (unpaired) electrons. The Balaban J connectivity index is 2.15. The Bertz CT molecular complexity index is 527. The van der Waals surface area contributed by atoms with Crippen molar-refractivity contribution in [1.82, 2.24) is 4.72 Å². The molecule has 19 heavy (non-hydrogen) atoms. The van der Waals surface area contributed by atoms with Gasteiger partial charge in [-0.1, -0.05) is 42.6 Å². The normalized spacial score (nSPS) is 28.3. The molecule has 3 atom stereocenters. The van der Waals surface area contributed by atoms with Crippen LogP contribution in [0.4, 0.5) is 0 Å². The molecular formula is C14H20BrNO2S. The van der Waals surface area contributed by atoms with Gasteiger partial charge in [0.25, 0.3) is 0 Å². The Kier molecular flexibility index (Phi) is 4.69. The maximum absolute atomic E-state index is 12.3. The minimum atomic E-state index is -3.40.